The third-order valence-corrected chi connectivity index (χ3v) is 7.12. The number of para-hydroxylation sites is 2. The van der Waals surface area contributed by atoms with E-state index in [9.17, 15) is 4.79 Å². The molecule has 29 heavy (non-hydrogen) atoms. The molecule has 160 valence electrons. The first-order valence-electron chi connectivity index (χ1n) is 11.8. The maximum absolute atomic E-state index is 13.2. The summed E-state index contributed by atoms with van der Waals surface area (Å²) in [7, 11) is 1.94. The van der Waals surface area contributed by atoms with E-state index in [1.54, 1.807) is 0 Å². The normalized spacial score (nSPS) is 20.7. The van der Waals surface area contributed by atoms with Crippen molar-refractivity contribution < 1.29 is 0 Å². The van der Waals surface area contributed by atoms with Crippen LogP contribution in [0.3, 0.4) is 0 Å². The van der Waals surface area contributed by atoms with Crippen molar-refractivity contribution in [3.63, 3.8) is 0 Å². The monoisotopic (exact) mass is 398 g/mol. The molecular formula is C24H38N4O. The van der Waals surface area contributed by atoms with Gasteiger partial charge < -0.3 is 10.2 Å². The van der Waals surface area contributed by atoms with E-state index >= 15 is 0 Å². The van der Waals surface area contributed by atoms with E-state index in [2.05, 4.69) is 33.0 Å². The molecule has 5 heteroatoms. The Morgan fingerprint density at radius 1 is 0.931 bits per heavy atom. The number of hydrogen-bond acceptors (Lipinski definition) is 3. The molecule has 4 rings (SSSR count). The third kappa shape index (κ3) is 4.77. The van der Waals surface area contributed by atoms with Crippen LogP contribution in [0, 0.1) is 5.92 Å². The SMILES string of the molecule is CNCCn1c(=O)n(C2CCN(CC3CCCCCCC3)CC2)c2ccccc21. The van der Waals surface area contributed by atoms with Crippen molar-refractivity contribution in [2.24, 2.45) is 5.92 Å². The summed E-state index contributed by atoms with van der Waals surface area (Å²) in [5, 5.41) is 3.17. The number of benzene rings is 1. The smallest absolute Gasteiger partial charge is 0.318 e. The second-order valence-electron chi connectivity index (χ2n) is 9.14. The van der Waals surface area contributed by atoms with Crippen LogP contribution in [-0.4, -0.2) is 47.3 Å². The van der Waals surface area contributed by atoms with Gasteiger partial charge in [-0.3, -0.25) is 9.13 Å². The van der Waals surface area contributed by atoms with E-state index in [4.69, 9.17) is 0 Å². The molecule has 0 unspecified atom stereocenters. The van der Waals surface area contributed by atoms with Crippen molar-refractivity contribution in [3.05, 3.63) is 34.7 Å². The summed E-state index contributed by atoms with van der Waals surface area (Å²) in [5.41, 5.74) is 2.34. The predicted molar refractivity (Wildman–Crippen MR) is 121 cm³/mol. The van der Waals surface area contributed by atoms with Gasteiger partial charge in [0.15, 0.2) is 0 Å². The summed E-state index contributed by atoms with van der Waals surface area (Å²) < 4.78 is 4.05. The Balaban J connectivity index is 1.44. The molecule has 1 aromatic carbocycles. The molecule has 2 fully saturated rings. The van der Waals surface area contributed by atoms with Gasteiger partial charge in [-0.1, -0.05) is 44.2 Å². The van der Waals surface area contributed by atoms with Crippen LogP contribution in [0.25, 0.3) is 11.0 Å². The van der Waals surface area contributed by atoms with E-state index in [-0.39, 0.29) is 5.69 Å². The van der Waals surface area contributed by atoms with Crippen LogP contribution < -0.4 is 11.0 Å². The van der Waals surface area contributed by atoms with Crippen LogP contribution in [0.2, 0.25) is 0 Å². The Morgan fingerprint density at radius 2 is 1.59 bits per heavy atom. The first kappa shape index (κ1) is 20.7. The Kier molecular flexibility index (Phi) is 7.09. The van der Waals surface area contributed by atoms with Crippen molar-refractivity contribution in [3.8, 4) is 0 Å². The standard InChI is InChI=1S/C24H38N4O/c1-25-15-18-27-22-11-7-8-12-23(22)28(24(27)29)21-13-16-26(17-14-21)19-20-9-5-3-2-4-6-10-20/h7-8,11-12,20-21,25H,2-6,9-10,13-19H2,1H3. The summed E-state index contributed by atoms with van der Waals surface area (Å²) in [6.07, 6.45) is 12.1. The number of imidazole rings is 1. The topological polar surface area (TPSA) is 42.2 Å². The van der Waals surface area contributed by atoms with Gasteiger partial charge >= 0.3 is 5.69 Å². The van der Waals surface area contributed by atoms with Crippen LogP contribution >= 0.6 is 0 Å². The molecule has 0 amide bonds. The predicted octanol–water partition coefficient (Wildman–Crippen LogP) is 4.02. The van der Waals surface area contributed by atoms with E-state index in [1.807, 2.05) is 17.7 Å². The highest BCUT2D eigenvalue weighted by Crippen LogP contribution is 2.28. The van der Waals surface area contributed by atoms with Crippen molar-refractivity contribution in [2.45, 2.75) is 70.4 Å². The van der Waals surface area contributed by atoms with Crippen LogP contribution in [0.5, 0.6) is 0 Å². The maximum atomic E-state index is 13.2. The molecule has 0 radical (unpaired) electrons. The molecule has 0 spiro atoms. The second-order valence-corrected chi connectivity index (χ2v) is 9.14. The molecular weight excluding hydrogens is 360 g/mol. The van der Waals surface area contributed by atoms with Gasteiger partial charge in [0.05, 0.1) is 11.0 Å². The maximum Gasteiger partial charge on any atom is 0.329 e. The molecule has 1 aromatic heterocycles. The molecule has 1 saturated carbocycles. The number of fused-ring (bicyclic) bond motifs is 1. The summed E-state index contributed by atoms with van der Waals surface area (Å²) in [4.78, 5) is 15.9. The number of nitrogens with zero attached hydrogens (tertiary/aromatic N) is 3. The van der Waals surface area contributed by atoms with Crippen LogP contribution in [-0.2, 0) is 6.54 Å². The van der Waals surface area contributed by atoms with Gasteiger partial charge in [-0.25, -0.2) is 4.79 Å². The fourth-order valence-corrected chi connectivity index (χ4v) is 5.47. The fourth-order valence-electron chi connectivity index (χ4n) is 5.47. The molecule has 2 aromatic rings. The lowest BCUT2D eigenvalue weighted by Gasteiger charge is -2.35. The number of rotatable bonds is 6. The number of piperidine rings is 1. The average Bonchev–Trinajstić information content (AvgIpc) is 3.00. The van der Waals surface area contributed by atoms with Crippen LogP contribution in [0.4, 0.5) is 0 Å². The van der Waals surface area contributed by atoms with Gasteiger partial charge in [-0.2, -0.15) is 0 Å². The molecule has 2 aliphatic rings. The first-order chi connectivity index (χ1) is 14.3. The highest BCUT2D eigenvalue weighted by Gasteiger charge is 2.26. The number of likely N-dealkylation sites (tertiary alicyclic amines) is 1. The van der Waals surface area contributed by atoms with Crippen molar-refractivity contribution in [1.29, 1.82) is 0 Å². The molecule has 1 aliphatic carbocycles. The van der Waals surface area contributed by atoms with Crippen molar-refractivity contribution >= 4 is 11.0 Å². The first-order valence-corrected chi connectivity index (χ1v) is 11.8. The van der Waals surface area contributed by atoms with Crippen LogP contribution in [0.15, 0.2) is 29.1 Å². The third-order valence-electron chi connectivity index (χ3n) is 7.12. The van der Waals surface area contributed by atoms with Gasteiger partial charge in [-0.05, 0) is 50.8 Å². The minimum Gasteiger partial charge on any atom is -0.318 e. The second kappa shape index (κ2) is 9.94. The zero-order chi connectivity index (χ0) is 20.1. The van der Waals surface area contributed by atoms with Gasteiger partial charge in [0.25, 0.3) is 0 Å². The van der Waals surface area contributed by atoms with Gasteiger partial charge in [0.2, 0.25) is 0 Å². The number of likely N-dealkylation sites (N-methyl/N-ethyl adjacent to an activating group) is 1. The van der Waals surface area contributed by atoms with E-state index in [0.717, 1.165) is 56.0 Å². The summed E-state index contributed by atoms with van der Waals surface area (Å²) >= 11 is 0. The Bertz CT molecular complexity index is 823. The van der Waals surface area contributed by atoms with E-state index in [0.29, 0.717) is 6.04 Å². The van der Waals surface area contributed by atoms with Crippen LogP contribution in [0.1, 0.15) is 63.8 Å². The minimum absolute atomic E-state index is 0.167. The lowest BCUT2D eigenvalue weighted by molar-refractivity contribution is 0.152. The zero-order valence-corrected chi connectivity index (χ0v) is 18.1. The molecule has 1 aliphatic heterocycles. The van der Waals surface area contributed by atoms with Gasteiger partial charge in [0.1, 0.15) is 0 Å². The summed E-state index contributed by atoms with van der Waals surface area (Å²) in [6, 6.07) is 8.64. The Hall–Kier alpha value is -1.59. The Labute approximate surface area is 175 Å². The number of hydrogen-bond donors (Lipinski definition) is 1. The minimum atomic E-state index is 0.167. The van der Waals surface area contributed by atoms with Crippen molar-refractivity contribution in [2.75, 3.05) is 33.2 Å². The molecule has 0 bridgehead atoms. The fraction of sp³-hybridized carbons (Fsp3) is 0.708. The molecule has 0 atom stereocenters. The average molecular weight is 399 g/mol. The van der Waals surface area contributed by atoms with E-state index < -0.39 is 0 Å². The van der Waals surface area contributed by atoms with Crippen molar-refractivity contribution in [1.82, 2.24) is 19.4 Å². The Morgan fingerprint density at radius 3 is 2.28 bits per heavy atom. The quantitative estimate of drug-likeness (QED) is 0.799. The zero-order valence-electron chi connectivity index (χ0n) is 18.1. The number of aromatic nitrogens is 2. The highest BCUT2D eigenvalue weighted by atomic mass is 16.1. The molecule has 1 N–H and O–H groups in total. The highest BCUT2D eigenvalue weighted by molar-refractivity contribution is 5.76. The van der Waals surface area contributed by atoms with Gasteiger partial charge in [0, 0.05) is 38.8 Å². The lowest BCUT2D eigenvalue weighted by Crippen LogP contribution is -2.40. The number of nitrogens with one attached hydrogen (secondary N) is 1. The molecule has 2 heterocycles. The largest absolute Gasteiger partial charge is 0.329 e. The summed E-state index contributed by atoms with van der Waals surface area (Å²) in [6.45, 7) is 5.07. The molecule has 5 nitrogen and oxygen atoms in total. The lowest BCUT2D eigenvalue weighted by atomic mass is 9.90. The van der Waals surface area contributed by atoms with E-state index in [1.165, 1.54) is 51.5 Å². The van der Waals surface area contributed by atoms with Gasteiger partial charge in [-0.15, -0.1) is 0 Å². The molecule has 1 saturated heterocycles. The summed E-state index contributed by atoms with van der Waals surface area (Å²) in [5.74, 6) is 0.887.